The van der Waals surface area contributed by atoms with Gasteiger partial charge in [-0.3, -0.25) is 9.59 Å². The van der Waals surface area contributed by atoms with Crippen molar-refractivity contribution in [3.8, 4) is 0 Å². The van der Waals surface area contributed by atoms with Gasteiger partial charge in [-0.2, -0.15) is 0 Å². The summed E-state index contributed by atoms with van der Waals surface area (Å²) in [7, 11) is 0. The molecule has 8 nitrogen and oxygen atoms in total. The van der Waals surface area contributed by atoms with E-state index in [1.807, 2.05) is 42.5 Å². The first-order valence-electron chi connectivity index (χ1n) is 12.1. The number of nitrogens with zero attached hydrogens (tertiary/aromatic N) is 2. The van der Waals surface area contributed by atoms with Crippen LogP contribution in [-0.2, 0) is 22.6 Å². The van der Waals surface area contributed by atoms with Crippen LogP contribution in [0.1, 0.15) is 25.5 Å². The first kappa shape index (κ1) is 26.7. The van der Waals surface area contributed by atoms with Gasteiger partial charge in [0.25, 0.3) is 0 Å². The van der Waals surface area contributed by atoms with E-state index in [2.05, 4.69) is 33.0 Å². The van der Waals surface area contributed by atoms with Crippen LogP contribution in [0.5, 0.6) is 0 Å². The maximum Gasteiger partial charge on any atom is 0.242 e. The third-order valence-electron chi connectivity index (χ3n) is 6.53. The number of aliphatic hydroxyl groups excluding tert-OH is 1. The monoisotopic (exact) mass is 481 g/mol. The second-order valence-corrected chi connectivity index (χ2v) is 9.09. The predicted molar refractivity (Wildman–Crippen MR) is 139 cm³/mol. The Hall–Kier alpha value is -2.94. The zero-order valence-corrected chi connectivity index (χ0v) is 19.7. The smallest absolute Gasteiger partial charge is 0.242 e. The average molecular weight is 482 g/mol. The summed E-state index contributed by atoms with van der Waals surface area (Å²) in [5.41, 5.74) is 3.20. The summed E-state index contributed by atoms with van der Waals surface area (Å²) in [5.74, 6) is -0.376. The number of benzene rings is 2. The molecule has 35 heavy (non-hydrogen) atoms. The van der Waals surface area contributed by atoms with Gasteiger partial charge >= 0.3 is 0 Å². The highest BCUT2D eigenvalue weighted by atomic mass is 16.3. The number of anilines is 1. The summed E-state index contributed by atoms with van der Waals surface area (Å²) in [5, 5.41) is 20.7. The molecule has 0 saturated carbocycles. The normalized spacial score (nSPS) is 20.1. The first-order chi connectivity index (χ1) is 16.5. The van der Waals surface area contributed by atoms with Crippen molar-refractivity contribution < 1.29 is 14.7 Å². The summed E-state index contributed by atoms with van der Waals surface area (Å²) >= 11 is 0. The van der Waals surface area contributed by atoms with Gasteiger partial charge in [0.1, 0.15) is 6.04 Å². The van der Waals surface area contributed by atoms with Gasteiger partial charge in [-0.25, -0.2) is 0 Å². The summed E-state index contributed by atoms with van der Waals surface area (Å²) < 4.78 is 0. The van der Waals surface area contributed by atoms with Crippen molar-refractivity contribution in [1.82, 2.24) is 20.9 Å². The molecule has 0 aromatic heterocycles. The van der Waals surface area contributed by atoms with Crippen LogP contribution in [0.25, 0.3) is 0 Å². The molecule has 0 radical (unpaired) electrons. The largest absolute Gasteiger partial charge is 0.389 e. The number of carbonyl (C=O) groups excluding carboxylic acids is 2. The standard InChI is InChI=1S/C26H35N5O3.CH4/c1-19(32)29-23(17-21-8-5-9-22(16-21)30-13-10-27-11-14-30)25(33)24-26(34)31(15-12-28-24)18-20-6-3-2-4-7-20;/h2-9,16,23-25,27-28,33H,10-15,17-18H2,1H3,(H,29,32);1H4/t23-,24-,25-;/m0./s1. The molecule has 0 aliphatic carbocycles. The fourth-order valence-corrected chi connectivity index (χ4v) is 4.78. The Bertz CT molecular complexity index is 964. The Morgan fingerprint density at radius 2 is 1.77 bits per heavy atom. The van der Waals surface area contributed by atoms with Crippen LogP contribution in [0.3, 0.4) is 0 Å². The average Bonchev–Trinajstić information content (AvgIpc) is 2.86. The van der Waals surface area contributed by atoms with E-state index >= 15 is 0 Å². The Balaban J connectivity index is 0.00000342. The highest BCUT2D eigenvalue weighted by molar-refractivity contribution is 5.83. The van der Waals surface area contributed by atoms with E-state index in [9.17, 15) is 14.7 Å². The van der Waals surface area contributed by atoms with E-state index in [1.165, 1.54) is 6.92 Å². The van der Waals surface area contributed by atoms with E-state index < -0.39 is 18.2 Å². The lowest BCUT2D eigenvalue weighted by molar-refractivity contribution is -0.141. The first-order valence-corrected chi connectivity index (χ1v) is 12.1. The molecule has 0 unspecified atom stereocenters. The lowest BCUT2D eigenvalue weighted by atomic mass is 9.94. The van der Waals surface area contributed by atoms with Crippen molar-refractivity contribution in [2.24, 2.45) is 0 Å². The number of hydrogen-bond donors (Lipinski definition) is 4. The third kappa shape index (κ3) is 7.04. The highest BCUT2D eigenvalue weighted by Gasteiger charge is 2.38. The van der Waals surface area contributed by atoms with Gasteiger partial charge in [-0.05, 0) is 29.7 Å². The number of rotatable bonds is 8. The van der Waals surface area contributed by atoms with Crippen LogP contribution in [-0.4, -0.2) is 79.3 Å². The summed E-state index contributed by atoms with van der Waals surface area (Å²) in [4.78, 5) is 29.3. The lowest BCUT2D eigenvalue weighted by Gasteiger charge is -2.38. The van der Waals surface area contributed by atoms with Crippen molar-refractivity contribution in [2.75, 3.05) is 44.2 Å². The molecule has 190 valence electrons. The summed E-state index contributed by atoms with van der Waals surface area (Å²) in [6.07, 6.45) is -0.622. The molecule has 2 aliphatic heterocycles. The Morgan fingerprint density at radius 3 is 2.49 bits per heavy atom. The molecular weight excluding hydrogens is 442 g/mol. The van der Waals surface area contributed by atoms with E-state index in [0.717, 1.165) is 43.0 Å². The van der Waals surface area contributed by atoms with Gasteiger partial charge in [0, 0.05) is 58.4 Å². The molecule has 2 amide bonds. The number of piperazine rings is 2. The van der Waals surface area contributed by atoms with E-state index in [4.69, 9.17) is 0 Å². The minimum Gasteiger partial charge on any atom is -0.389 e. The lowest BCUT2D eigenvalue weighted by Crippen LogP contribution is -2.63. The SMILES string of the molecule is C.CC(=O)N[C@@H](Cc1cccc(N2CCNCC2)c1)[C@H](O)[C@@H]1NCCN(Cc2ccccc2)C1=O. The van der Waals surface area contributed by atoms with Gasteiger partial charge in [0.2, 0.25) is 11.8 Å². The molecule has 3 atom stereocenters. The van der Waals surface area contributed by atoms with E-state index in [-0.39, 0.29) is 19.2 Å². The minimum absolute atomic E-state index is 0. The van der Waals surface area contributed by atoms with Crippen molar-refractivity contribution >= 4 is 17.5 Å². The van der Waals surface area contributed by atoms with Crippen LogP contribution in [0, 0.1) is 0 Å². The molecule has 2 saturated heterocycles. The van der Waals surface area contributed by atoms with Crippen molar-refractivity contribution in [2.45, 2.75) is 45.5 Å². The Kier molecular flexibility index (Phi) is 9.65. The van der Waals surface area contributed by atoms with Crippen LogP contribution in [0.4, 0.5) is 5.69 Å². The molecule has 2 aliphatic rings. The molecule has 2 aromatic carbocycles. The molecule has 4 rings (SSSR count). The van der Waals surface area contributed by atoms with Crippen LogP contribution >= 0.6 is 0 Å². The number of hydrogen-bond acceptors (Lipinski definition) is 6. The van der Waals surface area contributed by atoms with Gasteiger partial charge in [-0.15, -0.1) is 0 Å². The molecule has 0 bridgehead atoms. The molecular formula is C27H39N5O3. The Labute approximate surface area is 208 Å². The van der Waals surface area contributed by atoms with Crippen molar-refractivity contribution in [3.63, 3.8) is 0 Å². The maximum atomic E-state index is 13.3. The van der Waals surface area contributed by atoms with Crippen molar-refractivity contribution in [3.05, 3.63) is 65.7 Å². The van der Waals surface area contributed by atoms with E-state index in [0.29, 0.717) is 26.1 Å². The second kappa shape index (κ2) is 12.7. The van der Waals surface area contributed by atoms with Crippen LogP contribution in [0.15, 0.2) is 54.6 Å². The fourth-order valence-electron chi connectivity index (χ4n) is 4.78. The minimum atomic E-state index is -1.06. The Morgan fingerprint density at radius 1 is 1.06 bits per heavy atom. The van der Waals surface area contributed by atoms with Crippen LogP contribution < -0.4 is 20.9 Å². The number of amides is 2. The topological polar surface area (TPSA) is 96.9 Å². The molecule has 0 spiro atoms. The summed E-state index contributed by atoms with van der Waals surface area (Å²) in [6.45, 7) is 6.90. The summed E-state index contributed by atoms with van der Waals surface area (Å²) in [6, 6.07) is 16.7. The predicted octanol–water partition coefficient (Wildman–Crippen LogP) is 1.14. The van der Waals surface area contributed by atoms with E-state index in [1.54, 1.807) is 4.90 Å². The zero-order chi connectivity index (χ0) is 23.9. The molecule has 2 aromatic rings. The number of aliphatic hydroxyl groups is 1. The zero-order valence-electron chi connectivity index (χ0n) is 19.7. The van der Waals surface area contributed by atoms with Gasteiger partial charge in [-0.1, -0.05) is 49.9 Å². The van der Waals surface area contributed by atoms with Gasteiger partial charge in [0.05, 0.1) is 12.1 Å². The molecule has 2 fully saturated rings. The third-order valence-corrected chi connectivity index (χ3v) is 6.53. The molecule has 4 N–H and O–H groups in total. The molecule has 2 heterocycles. The van der Waals surface area contributed by atoms with Gasteiger partial charge in [0.15, 0.2) is 0 Å². The van der Waals surface area contributed by atoms with Crippen molar-refractivity contribution in [1.29, 1.82) is 0 Å². The number of nitrogens with one attached hydrogen (secondary N) is 3. The van der Waals surface area contributed by atoms with Crippen LogP contribution in [0.2, 0.25) is 0 Å². The quantitative estimate of drug-likeness (QED) is 0.452. The second-order valence-electron chi connectivity index (χ2n) is 9.09. The molecule has 8 heteroatoms. The van der Waals surface area contributed by atoms with Gasteiger partial charge < -0.3 is 30.9 Å². The number of carbonyl (C=O) groups is 2. The highest BCUT2D eigenvalue weighted by Crippen LogP contribution is 2.20. The maximum absolute atomic E-state index is 13.3. The fraction of sp³-hybridized carbons (Fsp3) is 0.481.